The van der Waals surface area contributed by atoms with Gasteiger partial charge in [0.15, 0.2) is 0 Å². The highest BCUT2D eigenvalue weighted by Gasteiger charge is 2.11. The fourth-order valence-corrected chi connectivity index (χ4v) is 2.11. The van der Waals surface area contributed by atoms with Crippen LogP contribution in [-0.2, 0) is 4.79 Å². The van der Waals surface area contributed by atoms with Crippen molar-refractivity contribution in [2.75, 3.05) is 0 Å². The molecule has 0 atom stereocenters. The topological polar surface area (TPSA) is 26.3 Å². The number of esters is 1. The van der Waals surface area contributed by atoms with E-state index in [0.717, 1.165) is 14.7 Å². The Labute approximate surface area is 126 Å². The first-order chi connectivity index (χ1) is 9.08. The van der Waals surface area contributed by atoms with Gasteiger partial charge in [-0.25, -0.2) is 4.79 Å². The Bertz CT molecular complexity index is 618. The van der Waals surface area contributed by atoms with E-state index in [1.165, 1.54) is 0 Å². The van der Waals surface area contributed by atoms with E-state index in [-0.39, 0.29) is 0 Å². The number of hydrogen-bond acceptors (Lipinski definition) is 2. The van der Waals surface area contributed by atoms with E-state index in [4.69, 9.17) is 4.74 Å². The SMILES string of the molecule is C=C(C)C(=O)Oc1ccc(I)cc1-c1ccccc1. The lowest BCUT2D eigenvalue weighted by molar-refractivity contribution is -0.130. The van der Waals surface area contributed by atoms with Crippen LogP contribution in [0.3, 0.4) is 0 Å². The summed E-state index contributed by atoms with van der Waals surface area (Å²) >= 11 is 2.24. The van der Waals surface area contributed by atoms with Crippen molar-refractivity contribution in [2.45, 2.75) is 6.92 Å². The molecule has 0 fully saturated rings. The molecule has 0 saturated heterocycles. The molecule has 19 heavy (non-hydrogen) atoms. The second kappa shape index (κ2) is 6.02. The molecule has 0 heterocycles. The van der Waals surface area contributed by atoms with E-state index in [2.05, 4.69) is 29.2 Å². The van der Waals surface area contributed by atoms with Crippen molar-refractivity contribution in [1.29, 1.82) is 0 Å². The van der Waals surface area contributed by atoms with Gasteiger partial charge in [-0.05, 0) is 53.3 Å². The number of benzene rings is 2. The van der Waals surface area contributed by atoms with Crippen LogP contribution < -0.4 is 4.74 Å². The van der Waals surface area contributed by atoms with Crippen molar-refractivity contribution in [3.05, 3.63) is 64.3 Å². The van der Waals surface area contributed by atoms with Crippen molar-refractivity contribution in [2.24, 2.45) is 0 Å². The highest BCUT2D eigenvalue weighted by molar-refractivity contribution is 14.1. The van der Waals surface area contributed by atoms with Crippen LogP contribution in [0.15, 0.2) is 60.7 Å². The number of carbonyl (C=O) groups excluding carboxylic acids is 1. The average Bonchev–Trinajstić information content (AvgIpc) is 2.41. The Morgan fingerprint density at radius 3 is 2.47 bits per heavy atom. The van der Waals surface area contributed by atoms with E-state index in [1.54, 1.807) is 6.92 Å². The Morgan fingerprint density at radius 2 is 1.84 bits per heavy atom. The molecule has 0 spiro atoms. The normalized spacial score (nSPS) is 10.0. The lowest BCUT2D eigenvalue weighted by Crippen LogP contribution is -2.09. The molecule has 0 aliphatic heterocycles. The standard InChI is InChI=1S/C16H13IO2/c1-11(2)16(18)19-15-9-8-13(17)10-14(15)12-6-4-3-5-7-12/h3-10H,1H2,2H3. The second-order valence-corrected chi connectivity index (χ2v) is 5.42. The van der Waals surface area contributed by atoms with Gasteiger partial charge >= 0.3 is 5.97 Å². The highest BCUT2D eigenvalue weighted by atomic mass is 127. The Morgan fingerprint density at radius 1 is 1.16 bits per heavy atom. The molecule has 2 rings (SSSR count). The van der Waals surface area contributed by atoms with E-state index in [0.29, 0.717) is 11.3 Å². The number of hydrogen-bond donors (Lipinski definition) is 0. The van der Waals surface area contributed by atoms with Crippen molar-refractivity contribution in [3.63, 3.8) is 0 Å². The van der Waals surface area contributed by atoms with E-state index >= 15 is 0 Å². The first-order valence-electron chi connectivity index (χ1n) is 5.80. The average molecular weight is 364 g/mol. The molecule has 0 radical (unpaired) electrons. The summed E-state index contributed by atoms with van der Waals surface area (Å²) in [4.78, 5) is 11.7. The number of rotatable bonds is 3. The molecule has 0 amide bonds. The van der Waals surface area contributed by atoms with Crippen molar-refractivity contribution in [3.8, 4) is 16.9 Å². The maximum absolute atomic E-state index is 11.7. The molecule has 2 aromatic carbocycles. The predicted octanol–water partition coefficient (Wildman–Crippen LogP) is 4.44. The monoisotopic (exact) mass is 364 g/mol. The second-order valence-electron chi connectivity index (χ2n) is 4.18. The molecule has 0 aliphatic rings. The van der Waals surface area contributed by atoms with Crippen molar-refractivity contribution >= 4 is 28.6 Å². The summed E-state index contributed by atoms with van der Waals surface area (Å²) < 4.78 is 6.46. The zero-order chi connectivity index (χ0) is 13.8. The first kappa shape index (κ1) is 13.8. The zero-order valence-electron chi connectivity index (χ0n) is 10.5. The van der Waals surface area contributed by atoms with Gasteiger partial charge in [0.2, 0.25) is 0 Å². The Kier molecular flexibility index (Phi) is 4.37. The maximum atomic E-state index is 11.7. The zero-order valence-corrected chi connectivity index (χ0v) is 12.7. The van der Waals surface area contributed by atoms with Crippen LogP contribution in [0.5, 0.6) is 5.75 Å². The van der Waals surface area contributed by atoms with Gasteiger partial charge in [-0.15, -0.1) is 0 Å². The molecular formula is C16H13IO2. The van der Waals surface area contributed by atoms with Gasteiger partial charge in [0, 0.05) is 14.7 Å². The number of halogens is 1. The van der Waals surface area contributed by atoms with Crippen LogP contribution in [-0.4, -0.2) is 5.97 Å². The van der Waals surface area contributed by atoms with E-state index in [1.807, 2.05) is 48.5 Å². The minimum atomic E-state index is -0.404. The summed E-state index contributed by atoms with van der Waals surface area (Å²) in [6.45, 7) is 5.23. The van der Waals surface area contributed by atoms with Gasteiger partial charge < -0.3 is 4.74 Å². The smallest absolute Gasteiger partial charge is 0.338 e. The summed E-state index contributed by atoms with van der Waals surface area (Å²) in [5, 5.41) is 0. The fourth-order valence-electron chi connectivity index (χ4n) is 1.62. The molecule has 3 heteroatoms. The lowest BCUT2D eigenvalue weighted by atomic mass is 10.0. The van der Waals surface area contributed by atoms with Crippen LogP contribution in [0.25, 0.3) is 11.1 Å². The van der Waals surface area contributed by atoms with Crippen LogP contribution in [0.1, 0.15) is 6.92 Å². The van der Waals surface area contributed by atoms with Crippen molar-refractivity contribution in [1.82, 2.24) is 0 Å². The van der Waals surface area contributed by atoms with Crippen LogP contribution in [0.4, 0.5) is 0 Å². The third-order valence-electron chi connectivity index (χ3n) is 2.58. The summed E-state index contributed by atoms with van der Waals surface area (Å²) in [5.41, 5.74) is 2.31. The molecule has 2 nitrogen and oxygen atoms in total. The molecule has 0 saturated carbocycles. The van der Waals surface area contributed by atoms with Crippen LogP contribution >= 0.6 is 22.6 Å². The van der Waals surface area contributed by atoms with E-state index in [9.17, 15) is 4.79 Å². The summed E-state index contributed by atoms with van der Waals surface area (Å²) in [7, 11) is 0. The first-order valence-corrected chi connectivity index (χ1v) is 6.88. The van der Waals surface area contributed by atoms with E-state index < -0.39 is 5.97 Å². The molecule has 0 N–H and O–H groups in total. The molecule has 0 unspecified atom stereocenters. The molecule has 0 bridgehead atoms. The summed E-state index contributed by atoms with van der Waals surface area (Å²) in [6.07, 6.45) is 0. The van der Waals surface area contributed by atoms with Crippen LogP contribution in [0, 0.1) is 3.57 Å². The summed E-state index contributed by atoms with van der Waals surface area (Å²) in [5.74, 6) is 0.151. The molecule has 96 valence electrons. The maximum Gasteiger partial charge on any atom is 0.338 e. The quantitative estimate of drug-likeness (QED) is 0.348. The number of carbonyl (C=O) groups is 1. The Balaban J connectivity index is 2.45. The van der Waals surface area contributed by atoms with Crippen molar-refractivity contribution < 1.29 is 9.53 Å². The minimum absolute atomic E-state index is 0.387. The lowest BCUT2D eigenvalue weighted by Gasteiger charge is -2.10. The third-order valence-corrected chi connectivity index (χ3v) is 3.25. The van der Waals surface area contributed by atoms with Gasteiger partial charge in [0.1, 0.15) is 5.75 Å². The number of ether oxygens (including phenoxy) is 1. The Hall–Kier alpha value is -1.62. The predicted molar refractivity (Wildman–Crippen MR) is 85.0 cm³/mol. The molecule has 0 aliphatic carbocycles. The van der Waals surface area contributed by atoms with Gasteiger partial charge in [0.05, 0.1) is 0 Å². The fraction of sp³-hybridized carbons (Fsp3) is 0.0625. The highest BCUT2D eigenvalue weighted by Crippen LogP contribution is 2.31. The van der Waals surface area contributed by atoms with Crippen LogP contribution in [0.2, 0.25) is 0 Å². The molecular weight excluding hydrogens is 351 g/mol. The third kappa shape index (κ3) is 3.44. The summed E-state index contributed by atoms with van der Waals surface area (Å²) in [6, 6.07) is 15.6. The largest absolute Gasteiger partial charge is 0.423 e. The van der Waals surface area contributed by atoms with Gasteiger partial charge in [-0.1, -0.05) is 36.9 Å². The van der Waals surface area contributed by atoms with Gasteiger partial charge in [0.25, 0.3) is 0 Å². The minimum Gasteiger partial charge on any atom is -0.423 e. The van der Waals surface area contributed by atoms with Gasteiger partial charge in [-0.2, -0.15) is 0 Å². The van der Waals surface area contributed by atoms with Gasteiger partial charge in [-0.3, -0.25) is 0 Å². The molecule has 2 aromatic rings. The molecule has 0 aromatic heterocycles.